The fourth-order valence-electron chi connectivity index (χ4n) is 2.29. The third-order valence-corrected chi connectivity index (χ3v) is 3.17. The van der Waals surface area contributed by atoms with E-state index in [2.05, 4.69) is 40.5 Å². The summed E-state index contributed by atoms with van der Waals surface area (Å²) in [5, 5.41) is 3.35. The van der Waals surface area contributed by atoms with Crippen LogP contribution in [0.1, 0.15) is 0 Å². The van der Waals surface area contributed by atoms with Gasteiger partial charge in [0.2, 0.25) is 0 Å². The molecule has 0 aromatic heterocycles. The van der Waals surface area contributed by atoms with Gasteiger partial charge in [-0.15, -0.1) is 24.8 Å². The van der Waals surface area contributed by atoms with Crippen LogP contribution in [-0.2, 0) is 0 Å². The minimum absolute atomic E-state index is 0. The van der Waals surface area contributed by atoms with Gasteiger partial charge in [-0.3, -0.25) is 0 Å². The lowest BCUT2D eigenvalue weighted by atomic mass is 9.74. The molecule has 1 spiro atoms. The van der Waals surface area contributed by atoms with Gasteiger partial charge in [0, 0.05) is 37.3 Å². The molecule has 15 heavy (non-hydrogen) atoms. The lowest BCUT2D eigenvalue weighted by molar-refractivity contribution is 0.121. The van der Waals surface area contributed by atoms with Crippen molar-refractivity contribution in [1.29, 1.82) is 0 Å². The Labute approximate surface area is 103 Å². The molecule has 0 aliphatic carbocycles. The maximum atomic E-state index is 3.35. The summed E-state index contributed by atoms with van der Waals surface area (Å²) >= 11 is 0. The number of anilines is 1. The van der Waals surface area contributed by atoms with E-state index < -0.39 is 0 Å². The van der Waals surface area contributed by atoms with Gasteiger partial charge in [0.25, 0.3) is 0 Å². The fourth-order valence-corrected chi connectivity index (χ4v) is 2.29. The second kappa shape index (κ2) is 4.60. The first-order valence-corrected chi connectivity index (χ1v) is 4.89. The molecule has 2 aliphatic rings. The van der Waals surface area contributed by atoms with Crippen molar-refractivity contribution in [2.24, 2.45) is 5.41 Å². The van der Waals surface area contributed by atoms with Crippen LogP contribution in [0.15, 0.2) is 30.3 Å². The Kier molecular flexibility index (Phi) is 3.87. The van der Waals surface area contributed by atoms with Crippen molar-refractivity contribution in [3.05, 3.63) is 30.3 Å². The summed E-state index contributed by atoms with van der Waals surface area (Å²) in [6.07, 6.45) is 0. The Morgan fingerprint density at radius 1 is 1.00 bits per heavy atom. The van der Waals surface area contributed by atoms with E-state index in [1.807, 2.05) is 0 Å². The van der Waals surface area contributed by atoms with Crippen LogP contribution in [0.25, 0.3) is 0 Å². The van der Waals surface area contributed by atoms with Gasteiger partial charge in [-0.25, -0.2) is 0 Å². The molecule has 0 amide bonds. The zero-order chi connectivity index (χ0) is 8.73. The third kappa shape index (κ3) is 2.07. The molecule has 2 heterocycles. The number of nitrogens with zero attached hydrogens (tertiary/aromatic N) is 1. The molecule has 84 valence electrons. The van der Waals surface area contributed by atoms with E-state index in [0.717, 1.165) is 0 Å². The van der Waals surface area contributed by atoms with Crippen molar-refractivity contribution < 1.29 is 0 Å². The summed E-state index contributed by atoms with van der Waals surface area (Å²) in [6.45, 7) is 4.92. The Morgan fingerprint density at radius 2 is 1.60 bits per heavy atom. The first-order valence-electron chi connectivity index (χ1n) is 4.89. The van der Waals surface area contributed by atoms with Crippen molar-refractivity contribution in [3.8, 4) is 0 Å². The molecule has 0 unspecified atom stereocenters. The van der Waals surface area contributed by atoms with Gasteiger partial charge in [-0.2, -0.15) is 0 Å². The third-order valence-electron chi connectivity index (χ3n) is 3.17. The molecular formula is C11H16Cl2N2. The van der Waals surface area contributed by atoms with E-state index in [-0.39, 0.29) is 24.8 Å². The zero-order valence-electron chi connectivity index (χ0n) is 8.48. The molecule has 3 rings (SSSR count). The maximum Gasteiger partial charge on any atom is 0.0366 e. The van der Waals surface area contributed by atoms with Crippen molar-refractivity contribution >= 4 is 30.5 Å². The van der Waals surface area contributed by atoms with Crippen molar-refractivity contribution in [2.75, 3.05) is 31.1 Å². The number of benzene rings is 1. The minimum atomic E-state index is 0. The monoisotopic (exact) mass is 246 g/mol. The van der Waals surface area contributed by atoms with Crippen LogP contribution in [0, 0.1) is 5.41 Å². The van der Waals surface area contributed by atoms with E-state index in [9.17, 15) is 0 Å². The number of para-hydroxylation sites is 1. The van der Waals surface area contributed by atoms with Crippen molar-refractivity contribution in [1.82, 2.24) is 5.32 Å². The second-order valence-electron chi connectivity index (χ2n) is 4.30. The van der Waals surface area contributed by atoms with E-state index in [1.54, 1.807) is 0 Å². The first-order chi connectivity index (χ1) is 6.38. The molecule has 0 saturated carbocycles. The van der Waals surface area contributed by atoms with Gasteiger partial charge in [-0.05, 0) is 12.1 Å². The van der Waals surface area contributed by atoms with E-state index in [1.165, 1.54) is 31.9 Å². The van der Waals surface area contributed by atoms with Crippen LogP contribution in [0.3, 0.4) is 0 Å². The lowest BCUT2D eigenvalue weighted by Gasteiger charge is -2.57. The van der Waals surface area contributed by atoms with E-state index in [4.69, 9.17) is 0 Å². The topological polar surface area (TPSA) is 15.3 Å². The summed E-state index contributed by atoms with van der Waals surface area (Å²) in [6, 6.07) is 10.7. The predicted molar refractivity (Wildman–Crippen MR) is 68.5 cm³/mol. The summed E-state index contributed by atoms with van der Waals surface area (Å²) < 4.78 is 0. The molecule has 2 aliphatic heterocycles. The highest BCUT2D eigenvalue weighted by molar-refractivity contribution is 5.85. The van der Waals surface area contributed by atoms with E-state index >= 15 is 0 Å². The van der Waals surface area contributed by atoms with Gasteiger partial charge in [-0.1, -0.05) is 18.2 Å². The maximum absolute atomic E-state index is 3.35. The molecule has 0 radical (unpaired) electrons. The molecule has 2 nitrogen and oxygen atoms in total. The Balaban J connectivity index is 0.000000562. The van der Waals surface area contributed by atoms with Gasteiger partial charge in [0.15, 0.2) is 0 Å². The SMILES string of the molecule is Cl.Cl.c1ccc(N2CC3(CNC3)C2)cc1. The molecule has 1 N–H and O–H groups in total. The van der Waals surface area contributed by atoms with Gasteiger partial charge in [0.05, 0.1) is 0 Å². The standard InChI is InChI=1S/C11H14N2.2ClH/c1-2-4-10(5-3-1)13-8-11(9-13)6-12-7-11;;/h1-5,12H,6-9H2;2*1H. The molecule has 2 saturated heterocycles. The van der Waals surface area contributed by atoms with Crippen LogP contribution in [0.5, 0.6) is 0 Å². The predicted octanol–water partition coefficient (Wildman–Crippen LogP) is 1.94. The summed E-state index contributed by atoms with van der Waals surface area (Å²) in [5.41, 5.74) is 2.01. The summed E-state index contributed by atoms with van der Waals surface area (Å²) in [7, 11) is 0. The lowest BCUT2D eigenvalue weighted by Crippen LogP contribution is -2.71. The number of rotatable bonds is 1. The number of nitrogens with one attached hydrogen (secondary N) is 1. The summed E-state index contributed by atoms with van der Waals surface area (Å²) in [4.78, 5) is 2.46. The normalized spacial score (nSPS) is 20.7. The van der Waals surface area contributed by atoms with Crippen LogP contribution >= 0.6 is 24.8 Å². The minimum Gasteiger partial charge on any atom is -0.370 e. The smallest absolute Gasteiger partial charge is 0.0366 e. The fraction of sp³-hybridized carbons (Fsp3) is 0.455. The molecule has 0 bridgehead atoms. The van der Waals surface area contributed by atoms with Gasteiger partial charge < -0.3 is 10.2 Å². The molecule has 1 aromatic rings. The quantitative estimate of drug-likeness (QED) is 0.815. The number of hydrogen-bond acceptors (Lipinski definition) is 2. The van der Waals surface area contributed by atoms with Gasteiger partial charge >= 0.3 is 0 Å². The summed E-state index contributed by atoms with van der Waals surface area (Å²) in [5.74, 6) is 0. The number of hydrogen-bond donors (Lipinski definition) is 1. The van der Waals surface area contributed by atoms with Gasteiger partial charge in [0.1, 0.15) is 0 Å². The molecule has 0 atom stereocenters. The largest absolute Gasteiger partial charge is 0.370 e. The zero-order valence-corrected chi connectivity index (χ0v) is 10.1. The first kappa shape index (κ1) is 12.6. The average molecular weight is 247 g/mol. The molecule has 4 heteroatoms. The second-order valence-corrected chi connectivity index (χ2v) is 4.30. The van der Waals surface area contributed by atoms with Crippen molar-refractivity contribution in [3.63, 3.8) is 0 Å². The molecule has 2 fully saturated rings. The average Bonchev–Trinajstić information content (AvgIpc) is 2.01. The van der Waals surface area contributed by atoms with Crippen LogP contribution in [0.2, 0.25) is 0 Å². The highest BCUT2D eigenvalue weighted by Crippen LogP contribution is 2.36. The van der Waals surface area contributed by atoms with Crippen LogP contribution in [0.4, 0.5) is 5.69 Å². The Morgan fingerprint density at radius 3 is 2.07 bits per heavy atom. The van der Waals surface area contributed by atoms with Crippen LogP contribution < -0.4 is 10.2 Å². The Hall–Kier alpha value is -0.440. The molecule has 1 aromatic carbocycles. The van der Waals surface area contributed by atoms with E-state index in [0.29, 0.717) is 5.41 Å². The Bertz CT molecular complexity index is 304. The highest BCUT2D eigenvalue weighted by atomic mass is 35.5. The highest BCUT2D eigenvalue weighted by Gasteiger charge is 2.47. The molecular weight excluding hydrogens is 231 g/mol. The van der Waals surface area contributed by atoms with Crippen molar-refractivity contribution in [2.45, 2.75) is 0 Å². The van der Waals surface area contributed by atoms with Crippen LogP contribution in [-0.4, -0.2) is 26.2 Å². The number of halogens is 2.